The van der Waals surface area contributed by atoms with Gasteiger partial charge in [0.2, 0.25) is 0 Å². The number of carbonyl (C=O) groups excluding carboxylic acids is 2. The number of Topliss-reactive ketones (excluding diaryl/α,β-unsaturated/α-hetero) is 1. The molecule has 4 rings (SSSR count). The number of amides is 1. The fourth-order valence-electron chi connectivity index (χ4n) is 3.96. The molecule has 2 heterocycles. The predicted molar refractivity (Wildman–Crippen MR) is 132 cm³/mol. The molecule has 1 unspecified atom stereocenters. The van der Waals surface area contributed by atoms with Crippen molar-refractivity contribution in [2.24, 2.45) is 0 Å². The van der Waals surface area contributed by atoms with Gasteiger partial charge in [-0.05, 0) is 79.2 Å². The zero-order valence-corrected chi connectivity index (χ0v) is 20.2. The zero-order chi connectivity index (χ0) is 23.7. The molecule has 0 spiro atoms. The normalized spacial score (nSPS) is 17.6. The van der Waals surface area contributed by atoms with Gasteiger partial charge in [-0.25, -0.2) is 0 Å². The molecule has 1 saturated heterocycles. The van der Waals surface area contributed by atoms with E-state index in [0.717, 1.165) is 28.2 Å². The van der Waals surface area contributed by atoms with Crippen LogP contribution in [0.1, 0.15) is 41.0 Å². The third kappa shape index (κ3) is 4.28. The SMILES string of the molecule is CCCOc1ccc(/C(O)=C2/C(=O)C(=O)N(c3cccc(Cl)c3)C2c2sccc2C)cc1C. The van der Waals surface area contributed by atoms with Crippen LogP contribution in [0.5, 0.6) is 5.75 Å². The van der Waals surface area contributed by atoms with Crippen molar-refractivity contribution < 1.29 is 19.4 Å². The van der Waals surface area contributed by atoms with E-state index >= 15 is 0 Å². The molecule has 1 aliphatic heterocycles. The Morgan fingerprint density at radius 1 is 1.12 bits per heavy atom. The summed E-state index contributed by atoms with van der Waals surface area (Å²) < 4.78 is 5.73. The topological polar surface area (TPSA) is 66.8 Å². The van der Waals surface area contributed by atoms with E-state index in [9.17, 15) is 14.7 Å². The first-order valence-electron chi connectivity index (χ1n) is 10.7. The van der Waals surface area contributed by atoms with Gasteiger partial charge in [0.05, 0.1) is 12.2 Å². The molecule has 1 N–H and O–H groups in total. The van der Waals surface area contributed by atoms with Gasteiger partial charge in [0.1, 0.15) is 17.6 Å². The summed E-state index contributed by atoms with van der Waals surface area (Å²) in [5.41, 5.74) is 2.79. The van der Waals surface area contributed by atoms with Gasteiger partial charge in [0.25, 0.3) is 11.7 Å². The quantitative estimate of drug-likeness (QED) is 0.250. The maximum Gasteiger partial charge on any atom is 0.300 e. The second-order valence-corrected chi connectivity index (χ2v) is 9.33. The minimum atomic E-state index is -0.750. The van der Waals surface area contributed by atoms with Crippen LogP contribution in [-0.2, 0) is 9.59 Å². The Kier molecular flexibility index (Phi) is 6.58. The molecular weight excluding hydrogens is 458 g/mol. The maximum absolute atomic E-state index is 13.2. The summed E-state index contributed by atoms with van der Waals surface area (Å²) in [4.78, 5) is 28.7. The molecule has 0 saturated carbocycles. The molecule has 1 fully saturated rings. The molecule has 1 amide bonds. The highest BCUT2D eigenvalue weighted by molar-refractivity contribution is 7.10. The molecule has 1 aliphatic rings. The number of thiophene rings is 1. The number of ether oxygens (including phenoxy) is 1. The first kappa shape index (κ1) is 23.1. The number of halogens is 1. The van der Waals surface area contributed by atoms with Crippen molar-refractivity contribution in [2.75, 3.05) is 11.5 Å². The summed E-state index contributed by atoms with van der Waals surface area (Å²) in [7, 11) is 0. The number of aryl methyl sites for hydroxylation is 2. The van der Waals surface area contributed by atoms with E-state index in [1.165, 1.54) is 16.2 Å². The summed E-state index contributed by atoms with van der Waals surface area (Å²) in [6, 6.07) is 13.2. The van der Waals surface area contributed by atoms with Crippen LogP contribution < -0.4 is 9.64 Å². The minimum absolute atomic E-state index is 0.0622. The average molecular weight is 482 g/mol. The summed E-state index contributed by atoms with van der Waals surface area (Å²) in [6.07, 6.45) is 0.883. The van der Waals surface area contributed by atoms with Crippen LogP contribution in [0, 0.1) is 13.8 Å². The van der Waals surface area contributed by atoms with E-state index in [2.05, 4.69) is 0 Å². The number of carbonyl (C=O) groups is 2. The fraction of sp³-hybridized carbons (Fsp3) is 0.231. The van der Waals surface area contributed by atoms with E-state index in [1.54, 1.807) is 42.5 Å². The first-order chi connectivity index (χ1) is 15.8. The second kappa shape index (κ2) is 9.41. The highest BCUT2D eigenvalue weighted by atomic mass is 35.5. The lowest BCUT2D eigenvalue weighted by Crippen LogP contribution is -2.29. The van der Waals surface area contributed by atoms with Crippen molar-refractivity contribution in [2.45, 2.75) is 33.2 Å². The first-order valence-corrected chi connectivity index (χ1v) is 11.9. The van der Waals surface area contributed by atoms with Crippen LogP contribution in [-0.4, -0.2) is 23.4 Å². The van der Waals surface area contributed by atoms with E-state index in [-0.39, 0.29) is 11.3 Å². The summed E-state index contributed by atoms with van der Waals surface area (Å²) in [6.45, 7) is 6.43. The lowest BCUT2D eigenvalue weighted by Gasteiger charge is -2.25. The molecule has 2 aromatic carbocycles. The van der Waals surface area contributed by atoms with Crippen molar-refractivity contribution in [1.29, 1.82) is 0 Å². The molecule has 170 valence electrons. The number of rotatable bonds is 6. The zero-order valence-electron chi connectivity index (χ0n) is 18.6. The Morgan fingerprint density at radius 3 is 2.55 bits per heavy atom. The molecule has 3 aromatic rings. The Bertz CT molecular complexity index is 1260. The molecule has 0 bridgehead atoms. The van der Waals surface area contributed by atoms with Crippen molar-refractivity contribution in [1.82, 2.24) is 0 Å². The van der Waals surface area contributed by atoms with Crippen LogP contribution in [0.2, 0.25) is 5.02 Å². The van der Waals surface area contributed by atoms with Crippen LogP contribution in [0.3, 0.4) is 0 Å². The third-order valence-corrected chi connectivity index (χ3v) is 6.90. The summed E-state index contributed by atoms with van der Waals surface area (Å²) >= 11 is 7.62. The standard InChI is InChI=1S/C26H24ClNO4S/c1-4-11-32-20-9-8-17(13-16(20)3)23(29)21-22(25-15(2)10-12-33-25)28(26(31)24(21)30)19-7-5-6-18(27)14-19/h5-10,12-14,22,29H,4,11H2,1-3H3/b23-21-. The molecular formula is C26H24ClNO4S. The van der Waals surface area contributed by atoms with Gasteiger partial charge in [0, 0.05) is 21.2 Å². The number of benzene rings is 2. The van der Waals surface area contributed by atoms with Crippen molar-refractivity contribution in [3.63, 3.8) is 0 Å². The second-order valence-electron chi connectivity index (χ2n) is 7.95. The van der Waals surface area contributed by atoms with E-state index in [1.807, 2.05) is 32.2 Å². The monoisotopic (exact) mass is 481 g/mol. The highest BCUT2D eigenvalue weighted by Crippen LogP contribution is 2.45. The number of anilines is 1. The minimum Gasteiger partial charge on any atom is -0.507 e. The summed E-state index contributed by atoms with van der Waals surface area (Å²) in [5.74, 6) is -0.912. The lowest BCUT2D eigenvalue weighted by atomic mass is 9.97. The Labute approximate surface area is 201 Å². The Hall–Kier alpha value is -3.09. The van der Waals surface area contributed by atoms with Gasteiger partial charge in [-0.2, -0.15) is 0 Å². The number of hydrogen-bond acceptors (Lipinski definition) is 5. The van der Waals surface area contributed by atoms with E-state index in [0.29, 0.717) is 22.9 Å². The molecule has 0 radical (unpaired) electrons. The largest absolute Gasteiger partial charge is 0.507 e. The molecule has 1 aromatic heterocycles. The average Bonchev–Trinajstić information content (AvgIpc) is 3.32. The molecule has 33 heavy (non-hydrogen) atoms. The van der Waals surface area contributed by atoms with Crippen LogP contribution in [0.4, 0.5) is 5.69 Å². The van der Waals surface area contributed by atoms with E-state index in [4.69, 9.17) is 16.3 Å². The highest BCUT2D eigenvalue weighted by Gasteiger charge is 2.48. The maximum atomic E-state index is 13.2. The number of hydrogen-bond donors (Lipinski definition) is 1. The van der Waals surface area contributed by atoms with Gasteiger partial charge in [-0.15, -0.1) is 11.3 Å². The molecule has 5 nitrogen and oxygen atoms in total. The Balaban J connectivity index is 1.88. The number of aliphatic hydroxyl groups is 1. The van der Waals surface area contributed by atoms with Crippen LogP contribution in [0.25, 0.3) is 5.76 Å². The smallest absolute Gasteiger partial charge is 0.300 e. The summed E-state index contributed by atoms with van der Waals surface area (Å²) in [5, 5.41) is 13.7. The molecule has 0 aliphatic carbocycles. The molecule has 1 atom stereocenters. The fourth-order valence-corrected chi connectivity index (χ4v) is 5.17. The number of ketones is 1. The Morgan fingerprint density at radius 2 is 1.91 bits per heavy atom. The number of nitrogens with zero attached hydrogens (tertiary/aromatic N) is 1. The van der Waals surface area contributed by atoms with Gasteiger partial charge in [0.15, 0.2) is 0 Å². The molecule has 7 heteroatoms. The lowest BCUT2D eigenvalue weighted by molar-refractivity contribution is -0.132. The van der Waals surface area contributed by atoms with Crippen molar-refractivity contribution >= 4 is 46.1 Å². The number of aliphatic hydroxyl groups excluding tert-OH is 1. The predicted octanol–water partition coefficient (Wildman–Crippen LogP) is 6.43. The van der Waals surface area contributed by atoms with Gasteiger partial charge < -0.3 is 9.84 Å². The van der Waals surface area contributed by atoms with Crippen molar-refractivity contribution in [3.8, 4) is 5.75 Å². The van der Waals surface area contributed by atoms with E-state index < -0.39 is 17.7 Å². The van der Waals surface area contributed by atoms with Crippen molar-refractivity contribution in [3.05, 3.63) is 86.1 Å². The van der Waals surface area contributed by atoms with Gasteiger partial charge >= 0.3 is 0 Å². The van der Waals surface area contributed by atoms with Gasteiger partial charge in [-0.1, -0.05) is 24.6 Å². The van der Waals surface area contributed by atoms with Crippen LogP contribution >= 0.6 is 22.9 Å². The van der Waals surface area contributed by atoms with Gasteiger partial charge in [-0.3, -0.25) is 14.5 Å². The third-order valence-electron chi connectivity index (χ3n) is 5.59. The van der Waals surface area contributed by atoms with Crippen LogP contribution in [0.15, 0.2) is 59.5 Å².